The Morgan fingerprint density at radius 1 is 1.07 bits per heavy atom. The van der Waals surface area contributed by atoms with Gasteiger partial charge in [-0.25, -0.2) is 4.98 Å². The molecule has 0 saturated carbocycles. The number of rotatable bonds is 4. The van der Waals surface area contributed by atoms with Crippen molar-refractivity contribution < 1.29 is 0 Å². The van der Waals surface area contributed by atoms with E-state index in [1.165, 1.54) is 0 Å². The first-order valence-corrected chi connectivity index (χ1v) is 9.38. The van der Waals surface area contributed by atoms with Crippen molar-refractivity contribution in [3.05, 3.63) is 70.8 Å². The lowest BCUT2D eigenvalue weighted by molar-refractivity contribution is 1.06. The van der Waals surface area contributed by atoms with Gasteiger partial charge in [0.15, 0.2) is 5.65 Å². The number of hydrogen-bond donors (Lipinski definition) is 1. The minimum absolute atomic E-state index is 0.415. The van der Waals surface area contributed by atoms with Gasteiger partial charge in [-0.3, -0.25) is 4.40 Å². The molecule has 28 heavy (non-hydrogen) atoms. The molecule has 136 valence electrons. The summed E-state index contributed by atoms with van der Waals surface area (Å²) < 4.78 is 1.96. The molecular formula is C22H16ClN5. The van der Waals surface area contributed by atoms with E-state index in [1.807, 2.05) is 53.8 Å². The SMILES string of the molecule is Cc1c(CCCl)c(Nc2ccccc2C#N)n2c(nc3ccccc32)c1C#N. The zero-order valence-corrected chi connectivity index (χ0v) is 16.0. The van der Waals surface area contributed by atoms with E-state index in [-0.39, 0.29) is 0 Å². The summed E-state index contributed by atoms with van der Waals surface area (Å²) >= 11 is 6.09. The molecular weight excluding hydrogens is 370 g/mol. The average molecular weight is 386 g/mol. The van der Waals surface area contributed by atoms with Gasteiger partial charge < -0.3 is 5.32 Å². The molecule has 5 nitrogen and oxygen atoms in total. The summed E-state index contributed by atoms with van der Waals surface area (Å²) in [5.41, 5.74) is 5.85. The highest BCUT2D eigenvalue weighted by molar-refractivity contribution is 6.18. The number of hydrogen-bond acceptors (Lipinski definition) is 4. The predicted molar refractivity (Wildman–Crippen MR) is 111 cm³/mol. The number of nitriles is 2. The Hall–Kier alpha value is -3.54. The molecule has 0 aliphatic heterocycles. The van der Waals surface area contributed by atoms with Crippen LogP contribution in [-0.2, 0) is 6.42 Å². The third kappa shape index (κ3) is 2.74. The van der Waals surface area contributed by atoms with Crippen LogP contribution in [0.5, 0.6) is 0 Å². The third-order valence-corrected chi connectivity index (χ3v) is 5.07. The van der Waals surface area contributed by atoms with Crippen molar-refractivity contribution in [2.75, 3.05) is 11.2 Å². The summed E-state index contributed by atoms with van der Waals surface area (Å²) in [6.45, 7) is 1.92. The number of anilines is 2. The summed E-state index contributed by atoms with van der Waals surface area (Å²) in [6.07, 6.45) is 0.585. The Bertz CT molecular complexity index is 1290. The summed E-state index contributed by atoms with van der Waals surface area (Å²) in [5.74, 6) is 1.20. The normalized spacial score (nSPS) is 10.7. The lowest BCUT2D eigenvalue weighted by atomic mass is 10.0. The Kier molecular flexibility index (Phi) is 4.61. The smallest absolute Gasteiger partial charge is 0.157 e. The maximum absolute atomic E-state index is 9.80. The van der Waals surface area contributed by atoms with E-state index >= 15 is 0 Å². The highest BCUT2D eigenvalue weighted by atomic mass is 35.5. The molecule has 2 aromatic heterocycles. The van der Waals surface area contributed by atoms with Crippen molar-refractivity contribution in [1.82, 2.24) is 9.38 Å². The molecule has 0 amide bonds. The molecule has 0 atom stereocenters. The van der Waals surface area contributed by atoms with Gasteiger partial charge in [-0.1, -0.05) is 24.3 Å². The number of alkyl halides is 1. The number of aromatic nitrogens is 2. The average Bonchev–Trinajstić information content (AvgIpc) is 3.10. The third-order valence-electron chi connectivity index (χ3n) is 4.88. The van der Waals surface area contributed by atoms with E-state index in [1.54, 1.807) is 6.07 Å². The van der Waals surface area contributed by atoms with E-state index in [9.17, 15) is 10.5 Å². The molecule has 0 radical (unpaired) electrons. The van der Waals surface area contributed by atoms with Crippen LogP contribution in [0.4, 0.5) is 11.5 Å². The molecule has 4 aromatic rings. The van der Waals surface area contributed by atoms with Crippen LogP contribution >= 0.6 is 11.6 Å². The number of pyridine rings is 1. The number of fused-ring (bicyclic) bond motifs is 3. The van der Waals surface area contributed by atoms with Crippen LogP contribution in [0.3, 0.4) is 0 Å². The molecule has 0 fully saturated rings. The maximum atomic E-state index is 9.80. The first kappa shape index (κ1) is 17.9. The maximum Gasteiger partial charge on any atom is 0.157 e. The van der Waals surface area contributed by atoms with Crippen LogP contribution in [0.1, 0.15) is 22.3 Å². The van der Waals surface area contributed by atoms with Crippen molar-refractivity contribution in [3.63, 3.8) is 0 Å². The van der Waals surface area contributed by atoms with Crippen molar-refractivity contribution in [2.45, 2.75) is 13.3 Å². The Balaban J connectivity index is 2.12. The summed E-state index contributed by atoms with van der Waals surface area (Å²) in [4.78, 5) is 4.70. The lowest BCUT2D eigenvalue weighted by Gasteiger charge is -2.19. The number of nitrogens with one attached hydrogen (secondary N) is 1. The van der Waals surface area contributed by atoms with Gasteiger partial charge in [-0.05, 0) is 48.7 Å². The van der Waals surface area contributed by atoms with Crippen LogP contribution in [0.25, 0.3) is 16.7 Å². The van der Waals surface area contributed by atoms with Crippen molar-refractivity contribution in [3.8, 4) is 12.1 Å². The van der Waals surface area contributed by atoms with Gasteiger partial charge >= 0.3 is 0 Å². The Morgan fingerprint density at radius 2 is 1.82 bits per heavy atom. The second-order valence-electron chi connectivity index (χ2n) is 6.42. The van der Waals surface area contributed by atoms with Gasteiger partial charge in [0.25, 0.3) is 0 Å². The standard InChI is InChI=1S/C22H16ClN5/c1-14-16(10-11-23)21(26-18-7-3-2-6-15(18)12-24)28-20-9-5-4-8-19(20)27-22(28)17(14)13-25/h2-9,26H,10-11H2,1H3. The predicted octanol–water partition coefficient (Wildman–Crippen LogP) is 5.06. The van der Waals surface area contributed by atoms with Gasteiger partial charge in [0.2, 0.25) is 0 Å². The number of benzene rings is 2. The summed E-state index contributed by atoms with van der Waals surface area (Å²) in [7, 11) is 0. The first-order chi connectivity index (χ1) is 13.7. The van der Waals surface area contributed by atoms with Gasteiger partial charge in [0, 0.05) is 5.88 Å². The van der Waals surface area contributed by atoms with Crippen LogP contribution in [0.2, 0.25) is 0 Å². The zero-order chi connectivity index (χ0) is 19.7. The number of imidazole rings is 1. The van der Waals surface area contributed by atoms with Crippen molar-refractivity contribution in [2.24, 2.45) is 0 Å². The first-order valence-electron chi connectivity index (χ1n) is 8.84. The van der Waals surface area contributed by atoms with Gasteiger partial charge in [0.1, 0.15) is 18.0 Å². The minimum Gasteiger partial charge on any atom is -0.340 e. The Morgan fingerprint density at radius 3 is 2.57 bits per heavy atom. The molecule has 0 aliphatic carbocycles. The second kappa shape index (κ2) is 7.23. The minimum atomic E-state index is 0.415. The van der Waals surface area contributed by atoms with Crippen LogP contribution in [-0.4, -0.2) is 15.3 Å². The van der Waals surface area contributed by atoms with E-state index in [0.29, 0.717) is 34.8 Å². The van der Waals surface area contributed by atoms with E-state index in [0.717, 1.165) is 28.0 Å². The number of nitrogens with zero attached hydrogens (tertiary/aromatic N) is 4. The summed E-state index contributed by atoms with van der Waals surface area (Å²) in [6, 6.07) is 19.6. The molecule has 2 aromatic carbocycles. The fourth-order valence-corrected chi connectivity index (χ4v) is 3.72. The highest BCUT2D eigenvalue weighted by Crippen LogP contribution is 2.33. The fourth-order valence-electron chi connectivity index (χ4n) is 3.53. The van der Waals surface area contributed by atoms with Crippen molar-refractivity contribution in [1.29, 1.82) is 10.5 Å². The summed E-state index contributed by atoms with van der Waals surface area (Å²) in [5, 5.41) is 22.7. The molecule has 1 N–H and O–H groups in total. The monoisotopic (exact) mass is 385 g/mol. The van der Waals surface area contributed by atoms with E-state index in [2.05, 4.69) is 17.5 Å². The van der Waals surface area contributed by atoms with Gasteiger partial charge in [-0.15, -0.1) is 11.6 Å². The molecule has 0 unspecified atom stereocenters. The molecule has 2 heterocycles. The van der Waals surface area contributed by atoms with E-state index < -0.39 is 0 Å². The molecule has 0 spiro atoms. The van der Waals surface area contributed by atoms with Gasteiger partial charge in [0.05, 0.1) is 27.8 Å². The second-order valence-corrected chi connectivity index (χ2v) is 6.80. The molecule has 0 bridgehead atoms. The Labute approximate surface area is 167 Å². The molecule has 0 saturated heterocycles. The molecule has 0 aliphatic rings. The number of para-hydroxylation sites is 3. The van der Waals surface area contributed by atoms with E-state index in [4.69, 9.17) is 16.6 Å². The zero-order valence-electron chi connectivity index (χ0n) is 15.2. The largest absolute Gasteiger partial charge is 0.340 e. The molecule has 6 heteroatoms. The van der Waals surface area contributed by atoms with Crippen LogP contribution in [0, 0.1) is 29.6 Å². The highest BCUT2D eigenvalue weighted by Gasteiger charge is 2.21. The number of halogens is 1. The van der Waals surface area contributed by atoms with Crippen LogP contribution in [0.15, 0.2) is 48.5 Å². The fraction of sp³-hybridized carbons (Fsp3) is 0.136. The van der Waals surface area contributed by atoms with Crippen molar-refractivity contribution >= 4 is 39.8 Å². The van der Waals surface area contributed by atoms with Crippen LogP contribution < -0.4 is 5.32 Å². The lowest BCUT2D eigenvalue weighted by Crippen LogP contribution is -2.09. The molecule has 4 rings (SSSR count). The topological polar surface area (TPSA) is 76.9 Å². The van der Waals surface area contributed by atoms with Gasteiger partial charge in [-0.2, -0.15) is 10.5 Å². The quantitative estimate of drug-likeness (QED) is 0.498.